The van der Waals surface area contributed by atoms with Gasteiger partial charge in [0.15, 0.2) is 11.4 Å². The fourth-order valence-corrected chi connectivity index (χ4v) is 4.03. The number of ether oxygens (including phenoxy) is 2. The lowest BCUT2D eigenvalue weighted by atomic mass is 9.77. The van der Waals surface area contributed by atoms with E-state index in [9.17, 15) is 19.8 Å². The van der Waals surface area contributed by atoms with Crippen LogP contribution in [0.25, 0.3) is 0 Å². The number of nitrogens with one attached hydrogen (secondary N) is 1. The highest BCUT2D eigenvalue weighted by Crippen LogP contribution is 2.59. The molecule has 0 aromatic heterocycles. The summed E-state index contributed by atoms with van der Waals surface area (Å²) < 4.78 is 11.9. The van der Waals surface area contributed by atoms with Crippen LogP contribution in [-0.2, 0) is 15.1 Å². The molecule has 5 N–H and O–H groups in total. The number of carbonyl (C=O) groups is 2. The SMILES string of the molecule is NCC(=O)Nc1c(O)ccc2c1Oc1cc(O)ccc1C21OC(=O)c2ccccc21. The van der Waals surface area contributed by atoms with Gasteiger partial charge in [-0.1, -0.05) is 18.2 Å². The molecule has 0 aliphatic carbocycles. The van der Waals surface area contributed by atoms with Crippen molar-refractivity contribution in [3.05, 3.63) is 76.9 Å². The Bertz CT molecular complexity index is 1240. The summed E-state index contributed by atoms with van der Waals surface area (Å²) in [6, 6.07) is 14.4. The number of hydrogen-bond acceptors (Lipinski definition) is 7. The van der Waals surface area contributed by atoms with Gasteiger partial charge in [-0.2, -0.15) is 0 Å². The van der Waals surface area contributed by atoms with Crippen LogP contribution < -0.4 is 15.8 Å². The number of aromatic hydroxyl groups is 2. The first-order chi connectivity index (χ1) is 14.5. The Labute approximate surface area is 170 Å². The summed E-state index contributed by atoms with van der Waals surface area (Å²) in [4.78, 5) is 24.7. The molecular formula is C22H16N2O6. The van der Waals surface area contributed by atoms with E-state index in [1.165, 1.54) is 18.2 Å². The van der Waals surface area contributed by atoms with Gasteiger partial charge in [0.1, 0.15) is 22.9 Å². The van der Waals surface area contributed by atoms with Crippen LogP contribution in [0.2, 0.25) is 0 Å². The summed E-state index contributed by atoms with van der Waals surface area (Å²) in [5.41, 5.74) is 5.94. The van der Waals surface area contributed by atoms with Crippen molar-refractivity contribution in [2.45, 2.75) is 5.60 Å². The molecule has 8 heteroatoms. The van der Waals surface area contributed by atoms with E-state index in [1.54, 1.807) is 36.4 Å². The highest BCUT2D eigenvalue weighted by atomic mass is 16.6. The van der Waals surface area contributed by atoms with Gasteiger partial charge in [0.25, 0.3) is 0 Å². The van der Waals surface area contributed by atoms with Crippen LogP contribution >= 0.6 is 0 Å². The number of amides is 1. The molecule has 3 aromatic carbocycles. The topological polar surface area (TPSA) is 131 Å². The minimum absolute atomic E-state index is 0.00301. The lowest BCUT2D eigenvalue weighted by Crippen LogP contribution is -2.33. The van der Waals surface area contributed by atoms with E-state index in [1.807, 2.05) is 0 Å². The Kier molecular flexibility index (Phi) is 3.74. The number of nitrogens with two attached hydrogens (primary N) is 1. The van der Waals surface area contributed by atoms with E-state index in [2.05, 4.69) is 5.32 Å². The van der Waals surface area contributed by atoms with Crippen LogP contribution in [0.15, 0.2) is 54.6 Å². The third kappa shape index (κ3) is 2.31. The third-order valence-electron chi connectivity index (χ3n) is 5.29. The van der Waals surface area contributed by atoms with Gasteiger partial charge in [-0.25, -0.2) is 4.79 Å². The molecule has 1 amide bonds. The second-order valence-electron chi connectivity index (χ2n) is 6.99. The monoisotopic (exact) mass is 404 g/mol. The lowest BCUT2D eigenvalue weighted by Gasteiger charge is -2.37. The van der Waals surface area contributed by atoms with E-state index in [0.717, 1.165) is 0 Å². The fraction of sp³-hybridized carbons (Fsp3) is 0.0909. The first-order valence-corrected chi connectivity index (χ1v) is 9.16. The van der Waals surface area contributed by atoms with Crippen molar-refractivity contribution in [3.63, 3.8) is 0 Å². The van der Waals surface area contributed by atoms with Crippen LogP contribution in [-0.4, -0.2) is 28.6 Å². The second-order valence-corrected chi connectivity index (χ2v) is 6.99. The molecule has 2 heterocycles. The van der Waals surface area contributed by atoms with Gasteiger partial charge >= 0.3 is 5.97 Å². The number of esters is 1. The number of phenols is 2. The van der Waals surface area contributed by atoms with Gasteiger partial charge in [-0.15, -0.1) is 0 Å². The van der Waals surface area contributed by atoms with Crippen LogP contribution in [0.4, 0.5) is 5.69 Å². The van der Waals surface area contributed by atoms with Crippen molar-refractivity contribution in [3.8, 4) is 23.0 Å². The average molecular weight is 404 g/mol. The van der Waals surface area contributed by atoms with Gasteiger partial charge in [0, 0.05) is 17.2 Å². The van der Waals surface area contributed by atoms with Crippen LogP contribution in [0.1, 0.15) is 27.0 Å². The zero-order valence-electron chi connectivity index (χ0n) is 15.5. The van der Waals surface area contributed by atoms with Crippen molar-refractivity contribution >= 4 is 17.6 Å². The average Bonchev–Trinajstić information content (AvgIpc) is 3.03. The van der Waals surface area contributed by atoms with E-state index in [0.29, 0.717) is 22.3 Å². The Morgan fingerprint density at radius 1 is 1.03 bits per heavy atom. The minimum Gasteiger partial charge on any atom is -0.508 e. The molecule has 150 valence electrons. The molecule has 0 bridgehead atoms. The van der Waals surface area contributed by atoms with Crippen LogP contribution in [0.3, 0.4) is 0 Å². The summed E-state index contributed by atoms with van der Waals surface area (Å²) >= 11 is 0. The molecule has 0 fully saturated rings. The van der Waals surface area contributed by atoms with Gasteiger partial charge in [0.2, 0.25) is 5.91 Å². The fourth-order valence-electron chi connectivity index (χ4n) is 4.03. The lowest BCUT2D eigenvalue weighted by molar-refractivity contribution is -0.114. The van der Waals surface area contributed by atoms with Gasteiger partial charge in [-0.05, 0) is 30.3 Å². The van der Waals surface area contributed by atoms with Crippen molar-refractivity contribution in [1.82, 2.24) is 0 Å². The molecule has 1 spiro atoms. The number of anilines is 1. The predicted octanol–water partition coefficient (Wildman–Crippen LogP) is 2.56. The largest absolute Gasteiger partial charge is 0.508 e. The highest BCUT2D eigenvalue weighted by molar-refractivity contribution is 5.99. The molecule has 0 radical (unpaired) electrons. The zero-order valence-corrected chi connectivity index (χ0v) is 15.5. The van der Waals surface area contributed by atoms with E-state index >= 15 is 0 Å². The number of hydrogen-bond donors (Lipinski definition) is 4. The smallest absolute Gasteiger partial charge is 0.340 e. The summed E-state index contributed by atoms with van der Waals surface area (Å²) in [5, 5.41) is 22.9. The molecule has 1 atom stereocenters. The Morgan fingerprint density at radius 3 is 2.60 bits per heavy atom. The van der Waals surface area contributed by atoms with Gasteiger partial charge < -0.3 is 30.7 Å². The van der Waals surface area contributed by atoms with Gasteiger partial charge in [-0.3, -0.25) is 4.79 Å². The van der Waals surface area contributed by atoms with Crippen LogP contribution in [0, 0.1) is 0 Å². The van der Waals surface area contributed by atoms with Gasteiger partial charge in [0.05, 0.1) is 17.7 Å². The molecule has 0 saturated carbocycles. The Hall–Kier alpha value is -4.04. The van der Waals surface area contributed by atoms with Crippen LogP contribution in [0.5, 0.6) is 23.0 Å². The first-order valence-electron chi connectivity index (χ1n) is 9.16. The second kappa shape index (κ2) is 6.23. The molecule has 2 aliphatic heterocycles. The number of benzene rings is 3. The summed E-state index contributed by atoms with van der Waals surface area (Å²) in [7, 11) is 0. The zero-order chi connectivity index (χ0) is 21.0. The quantitative estimate of drug-likeness (QED) is 0.381. The normalized spacial score (nSPS) is 18.1. The summed E-state index contributed by atoms with van der Waals surface area (Å²) in [6.07, 6.45) is 0. The third-order valence-corrected chi connectivity index (χ3v) is 5.29. The molecule has 2 aliphatic rings. The predicted molar refractivity (Wildman–Crippen MR) is 106 cm³/mol. The van der Waals surface area contributed by atoms with Crippen molar-refractivity contribution < 1.29 is 29.3 Å². The molecule has 30 heavy (non-hydrogen) atoms. The number of carbonyl (C=O) groups excluding carboxylic acids is 2. The number of phenolic OH excluding ortho intramolecular Hbond substituents is 2. The first kappa shape index (κ1) is 18.0. The van der Waals surface area contributed by atoms with Crippen molar-refractivity contribution in [1.29, 1.82) is 0 Å². The van der Waals surface area contributed by atoms with Crippen molar-refractivity contribution in [2.75, 3.05) is 11.9 Å². The molecule has 3 aromatic rings. The minimum atomic E-state index is -1.37. The van der Waals surface area contributed by atoms with E-state index in [-0.39, 0.29) is 35.2 Å². The summed E-state index contributed by atoms with van der Waals surface area (Å²) in [5.74, 6) is -1.04. The number of fused-ring (bicyclic) bond motifs is 6. The van der Waals surface area contributed by atoms with E-state index < -0.39 is 17.5 Å². The number of rotatable bonds is 2. The molecule has 1 unspecified atom stereocenters. The molecule has 0 saturated heterocycles. The molecule has 8 nitrogen and oxygen atoms in total. The maximum atomic E-state index is 12.8. The highest BCUT2D eigenvalue weighted by Gasteiger charge is 2.54. The Balaban J connectivity index is 1.86. The standard InChI is InChI=1S/C22H16N2O6/c23-10-18(27)24-19-16(26)8-7-15-20(19)29-17-9-11(25)5-6-14(17)22(15)13-4-2-1-3-12(13)21(28)30-22/h1-9,25-26H,10,23H2,(H,24,27). The maximum absolute atomic E-state index is 12.8. The molecular weight excluding hydrogens is 388 g/mol. The van der Waals surface area contributed by atoms with E-state index in [4.69, 9.17) is 15.2 Å². The van der Waals surface area contributed by atoms with Crippen molar-refractivity contribution in [2.24, 2.45) is 5.73 Å². The molecule has 5 rings (SSSR count). The summed E-state index contributed by atoms with van der Waals surface area (Å²) in [6.45, 7) is -0.302. The maximum Gasteiger partial charge on any atom is 0.340 e. The Morgan fingerprint density at radius 2 is 1.80 bits per heavy atom.